The average Bonchev–Trinajstić information content (AvgIpc) is 2.56. The Labute approximate surface area is 148 Å². The maximum absolute atomic E-state index is 12.0. The number of para-hydroxylation sites is 2. The number of hydrogen-bond donors (Lipinski definition) is 2. The molecule has 0 aliphatic carbocycles. The van der Waals surface area contributed by atoms with E-state index in [2.05, 4.69) is 20.8 Å². The van der Waals surface area contributed by atoms with Crippen LogP contribution in [-0.4, -0.2) is 54.3 Å². The summed E-state index contributed by atoms with van der Waals surface area (Å²) < 4.78 is 5.76. The largest absolute Gasteiger partial charge is 0.489 e. The van der Waals surface area contributed by atoms with Crippen LogP contribution in [0.1, 0.15) is 24.3 Å². The van der Waals surface area contributed by atoms with E-state index < -0.39 is 0 Å². The van der Waals surface area contributed by atoms with Crippen LogP contribution in [-0.2, 0) is 0 Å². The quantitative estimate of drug-likeness (QED) is 0.766. The number of aromatic nitrogens is 2. The minimum atomic E-state index is -0.232. The number of carbonyl (C=O) groups is 1. The molecular formula is C18H25N5O2. The van der Waals surface area contributed by atoms with E-state index in [4.69, 9.17) is 4.74 Å². The minimum absolute atomic E-state index is 0.0715. The van der Waals surface area contributed by atoms with Crippen LogP contribution in [0, 0.1) is 0 Å². The number of ether oxygens (including phenoxy) is 1. The zero-order valence-corrected chi connectivity index (χ0v) is 15.1. The Kier molecular flexibility index (Phi) is 6.71. The lowest BCUT2D eigenvalue weighted by Gasteiger charge is -2.15. The third-order valence-corrected chi connectivity index (χ3v) is 3.25. The number of benzene rings is 1. The van der Waals surface area contributed by atoms with E-state index >= 15 is 0 Å². The van der Waals surface area contributed by atoms with Crippen LogP contribution >= 0.6 is 0 Å². The van der Waals surface area contributed by atoms with Gasteiger partial charge in [0.25, 0.3) is 5.91 Å². The van der Waals surface area contributed by atoms with Crippen molar-refractivity contribution < 1.29 is 9.53 Å². The van der Waals surface area contributed by atoms with E-state index in [9.17, 15) is 4.79 Å². The number of likely N-dealkylation sites (N-methyl/N-ethyl adjacent to an activating group) is 1. The summed E-state index contributed by atoms with van der Waals surface area (Å²) in [5.41, 5.74) is 1.09. The minimum Gasteiger partial charge on any atom is -0.489 e. The van der Waals surface area contributed by atoms with Gasteiger partial charge in [0.2, 0.25) is 0 Å². The van der Waals surface area contributed by atoms with E-state index in [0.29, 0.717) is 12.4 Å². The van der Waals surface area contributed by atoms with Crippen LogP contribution in [0.25, 0.3) is 0 Å². The Balaban J connectivity index is 2.00. The van der Waals surface area contributed by atoms with Crippen LogP contribution in [0.3, 0.4) is 0 Å². The topological polar surface area (TPSA) is 79.4 Å². The summed E-state index contributed by atoms with van der Waals surface area (Å²) in [6.07, 6.45) is 0.0715. The van der Waals surface area contributed by atoms with Crippen molar-refractivity contribution in [2.75, 3.05) is 32.5 Å². The fourth-order valence-electron chi connectivity index (χ4n) is 2.07. The first-order valence-electron chi connectivity index (χ1n) is 8.25. The van der Waals surface area contributed by atoms with Crippen LogP contribution in [0.4, 0.5) is 11.5 Å². The highest BCUT2D eigenvalue weighted by Gasteiger charge is 2.09. The van der Waals surface area contributed by atoms with Crippen molar-refractivity contribution in [1.29, 1.82) is 0 Å². The number of carbonyl (C=O) groups excluding carboxylic acids is 1. The Morgan fingerprint density at radius 2 is 1.92 bits per heavy atom. The van der Waals surface area contributed by atoms with E-state index in [1.54, 1.807) is 12.1 Å². The van der Waals surface area contributed by atoms with Gasteiger partial charge in [0, 0.05) is 13.1 Å². The molecule has 0 saturated heterocycles. The fourth-order valence-corrected chi connectivity index (χ4v) is 2.07. The summed E-state index contributed by atoms with van der Waals surface area (Å²) in [4.78, 5) is 14.0. The molecule has 7 heteroatoms. The number of nitrogens with zero attached hydrogens (tertiary/aromatic N) is 3. The predicted molar refractivity (Wildman–Crippen MR) is 98.4 cm³/mol. The molecule has 0 aliphatic rings. The summed E-state index contributed by atoms with van der Waals surface area (Å²) in [6.45, 7) is 5.28. The first-order valence-corrected chi connectivity index (χ1v) is 8.25. The summed E-state index contributed by atoms with van der Waals surface area (Å²) in [7, 11) is 3.90. The van der Waals surface area contributed by atoms with Gasteiger partial charge < -0.3 is 20.3 Å². The molecule has 1 aromatic heterocycles. The normalized spacial score (nSPS) is 10.8. The molecule has 1 heterocycles. The smallest absolute Gasteiger partial charge is 0.271 e. The van der Waals surface area contributed by atoms with Gasteiger partial charge in [-0.2, -0.15) is 0 Å². The highest BCUT2D eigenvalue weighted by molar-refractivity contribution is 5.92. The Bertz CT molecular complexity index is 686. The lowest BCUT2D eigenvalue weighted by Crippen LogP contribution is -2.31. The first-order chi connectivity index (χ1) is 12.0. The standard InChI is InChI=1S/C18H25N5O2/c1-13(2)25-16-8-6-5-7-14(16)20-17-10-9-15(21-22-17)18(24)19-11-12-23(3)4/h5-10,13H,11-12H2,1-4H3,(H,19,24)(H,20,22). The van der Waals surface area contributed by atoms with Gasteiger partial charge in [-0.05, 0) is 52.2 Å². The fraction of sp³-hybridized carbons (Fsp3) is 0.389. The zero-order chi connectivity index (χ0) is 18.2. The average molecular weight is 343 g/mol. The van der Waals surface area contributed by atoms with Gasteiger partial charge in [0.15, 0.2) is 11.5 Å². The highest BCUT2D eigenvalue weighted by Crippen LogP contribution is 2.27. The molecule has 1 aromatic carbocycles. The van der Waals surface area contributed by atoms with E-state index in [-0.39, 0.29) is 17.7 Å². The van der Waals surface area contributed by atoms with Crippen molar-refractivity contribution in [3.8, 4) is 5.75 Å². The van der Waals surface area contributed by atoms with Crippen molar-refractivity contribution in [3.05, 3.63) is 42.1 Å². The van der Waals surface area contributed by atoms with Crippen molar-refractivity contribution >= 4 is 17.4 Å². The van der Waals surface area contributed by atoms with Crippen LogP contribution < -0.4 is 15.4 Å². The van der Waals surface area contributed by atoms with Gasteiger partial charge in [-0.3, -0.25) is 4.79 Å². The molecular weight excluding hydrogens is 318 g/mol. The second kappa shape index (κ2) is 8.98. The Morgan fingerprint density at radius 3 is 2.56 bits per heavy atom. The molecule has 1 amide bonds. The molecule has 0 unspecified atom stereocenters. The number of nitrogens with one attached hydrogen (secondary N) is 2. The highest BCUT2D eigenvalue weighted by atomic mass is 16.5. The van der Waals surface area contributed by atoms with Crippen LogP contribution in [0.2, 0.25) is 0 Å². The molecule has 2 N–H and O–H groups in total. The molecule has 0 aliphatic heterocycles. The van der Waals surface area contributed by atoms with Gasteiger partial charge in [-0.1, -0.05) is 12.1 Å². The van der Waals surface area contributed by atoms with Crippen LogP contribution in [0.15, 0.2) is 36.4 Å². The first kappa shape index (κ1) is 18.7. The van der Waals surface area contributed by atoms with Crippen molar-refractivity contribution in [2.45, 2.75) is 20.0 Å². The number of rotatable bonds is 8. The maximum atomic E-state index is 12.0. The SMILES string of the molecule is CC(C)Oc1ccccc1Nc1ccc(C(=O)NCCN(C)C)nn1. The Hall–Kier alpha value is -2.67. The van der Waals surface area contributed by atoms with E-state index in [0.717, 1.165) is 18.0 Å². The van der Waals surface area contributed by atoms with Crippen LogP contribution in [0.5, 0.6) is 5.75 Å². The monoisotopic (exact) mass is 343 g/mol. The molecule has 7 nitrogen and oxygen atoms in total. The molecule has 0 bridgehead atoms. The van der Waals surface area contributed by atoms with Gasteiger partial charge in [0.1, 0.15) is 5.75 Å². The second-order valence-corrected chi connectivity index (χ2v) is 6.15. The molecule has 2 aromatic rings. The molecule has 25 heavy (non-hydrogen) atoms. The number of amides is 1. The van der Waals surface area contributed by atoms with Gasteiger partial charge in [-0.25, -0.2) is 0 Å². The van der Waals surface area contributed by atoms with E-state index in [1.807, 2.05) is 57.1 Å². The van der Waals surface area contributed by atoms with Gasteiger partial charge in [0.05, 0.1) is 11.8 Å². The summed E-state index contributed by atoms with van der Waals surface area (Å²) in [6, 6.07) is 11.0. The third-order valence-electron chi connectivity index (χ3n) is 3.25. The lowest BCUT2D eigenvalue weighted by molar-refractivity contribution is 0.0945. The predicted octanol–water partition coefficient (Wildman–Crippen LogP) is 2.30. The summed E-state index contributed by atoms with van der Waals surface area (Å²) >= 11 is 0. The third kappa shape index (κ3) is 6.04. The van der Waals surface area contributed by atoms with Gasteiger partial charge >= 0.3 is 0 Å². The molecule has 0 radical (unpaired) electrons. The molecule has 0 spiro atoms. The van der Waals surface area contributed by atoms with Crippen molar-refractivity contribution in [2.24, 2.45) is 0 Å². The number of anilines is 2. The van der Waals surface area contributed by atoms with Crippen molar-refractivity contribution in [3.63, 3.8) is 0 Å². The molecule has 2 rings (SSSR count). The number of hydrogen-bond acceptors (Lipinski definition) is 6. The summed E-state index contributed by atoms with van der Waals surface area (Å²) in [5.74, 6) is 1.05. The Morgan fingerprint density at radius 1 is 1.16 bits per heavy atom. The van der Waals surface area contributed by atoms with E-state index in [1.165, 1.54) is 0 Å². The molecule has 0 atom stereocenters. The lowest BCUT2D eigenvalue weighted by atomic mass is 10.3. The molecule has 0 fully saturated rings. The van der Waals surface area contributed by atoms with Crippen molar-refractivity contribution in [1.82, 2.24) is 20.4 Å². The maximum Gasteiger partial charge on any atom is 0.271 e. The zero-order valence-electron chi connectivity index (χ0n) is 15.1. The molecule has 134 valence electrons. The molecule has 0 saturated carbocycles. The van der Waals surface area contributed by atoms with Gasteiger partial charge in [-0.15, -0.1) is 10.2 Å². The summed E-state index contributed by atoms with van der Waals surface area (Å²) in [5, 5.41) is 14.0. The second-order valence-electron chi connectivity index (χ2n) is 6.15.